The fourth-order valence-corrected chi connectivity index (χ4v) is 7.09. The second kappa shape index (κ2) is 6.52. The summed E-state index contributed by atoms with van der Waals surface area (Å²) in [4.78, 5) is 0. The smallest absolute Gasteiger partial charge is 0.161 e. The van der Waals surface area contributed by atoms with Gasteiger partial charge in [0.2, 0.25) is 0 Å². The first-order valence-electron chi connectivity index (χ1n) is 13.2. The molecule has 10 rings (SSSR count). The van der Waals surface area contributed by atoms with Gasteiger partial charge in [0, 0.05) is 38.0 Å². The van der Waals surface area contributed by atoms with E-state index < -0.39 is 0 Å². The van der Waals surface area contributed by atoms with Gasteiger partial charge in [0.25, 0.3) is 0 Å². The van der Waals surface area contributed by atoms with Crippen molar-refractivity contribution in [2.45, 2.75) is 0 Å². The van der Waals surface area contributed by atoms with Crippen molar-refractivity contribution in [3.05, 3.63) is 109 Å². The summed E-state index contributed by atoms with van der Waals surface area (Å²) < 4.78 is 13.3. The lowest BCUT2D eigenvalue weighted by atomic mass is 10.0. The maximum absolute atomic E-state index is 6.78. The van der Waals surface area contributed by atoms with E-state index in [0.717, 1.165) is 66.2 Å². The molecule has 0 unspecified atom stereocenters. The Labute approximate surface area is 220 Å². The number of nitrogen functional groups attached to an aromatic ring is 1. The van der Waals surface area contributed by atoms with E-state index in [1.54, 1.807) is 0 Å². The van der Waals surface area contributed by atoms with Gasteiger partial charge in [0.1, 0.15) is 16.7 Å². The molecule has 0 saturated heterocycles. The van der Waals surface area contributed by atoms with Gasteiger partial charge in [-0.2, -0.15) is 0 Å². The summed E-state index contributed by atoms with van der Waals surface area (Å²) in [6.45, 7) is 0. The van der Waals surface area contributed by atoms with Crippen molar-refractivity contribution in [2.24, 2.45) is 0 Å². The molecule has 0 atom stereocenters. The van der Waals surface area contributed by atoms with E-state index >= 15 is 0 Å². The number of nitrogens with two attached hydrogens (primary N) is 1. The van der Waals surface area contributed by atoms with Crippen molar-refractivity contribution >= 4 is 82.1 Å². The number of aromatic nitrogens is 3. The summed E-state index contributed by atoms with van der Waals surface area (Å²) in [5, 5.41) is 8.14. The van der Waals surface area contributed by atoms with E-state index in [0.29, 0.717) is 0 Å². The van der Waals surface area contributed by atoms with Crippen LogP contribution in [0.4, 0.5) is 0 Å². The van der Waals surface area contributed by atoms with Gasteiger partial charge in [0.15, 0.2) is 5.58 Å². The molecule has 0 aliphatic heterocycles. The third-order valence-electron chi connectivity index (χ3n) is 8.57. The van der Waals surface area contributed by atoms with Gasteiger partial charge in [-0.05, 0) is 53.9 Å². The average molecular weight is 501 g/mol. The fourth-order valence-electron chi connectivity index (χ4n) is 7.09. The quantitative estimate of drug-likeness (QED) is 0.230. The molecular formula is C34H20N4O. The molecule has 182 valence electrons. The normalized spacial score (nSPS) is 12.7. The van der Waals surface area contributed by atoms with E-state index in [9.17, 15) is 0 Å². The zero-order valence-corrected chi connectivity index (χ0v) is 20.7. The first kappa shape index (κ1) is 19.7. The highest BCUT2D eigenvalue weighted by atomic mass is 16.3. The number of hydrogen-bond donors (Lipinski definition) is 1. The molecule has 0 aliphatic carbocycles. The second-order valence-electron chi connectivity index (χ2n) is 10.4. The standard InChI is InChI=1S/C34H20N4O/c35-38-25-15-8-13-22-28-20-11-4-6-14-24(20)36(19-9-2-1-3-10-19)34(28)37-31-23(17-18-26(38)30(31)29(22)25)33-32(37)21-12-5-7-16-27(21)39-33/h1-18H,35H2. The number of fused-ring (bicyclic) bond motifs is 10. The number of rotatable bonds is 1. The molecule has 0 saturated carbocycles. The van der Waals surface area contributed by atoms with Crippen molar-refractivity contribution in [1.29, 1.82) is 0 Å². The minimum Gasteiger partial charge on any atom is -0.454 e. The molecule has 0 radical (unpaired) electrons. The summed E-state index contributed by atoms with van der Waals surface area (Å²) in [7, 11) is 0. The highest BCUT2D eigenvalue weighted by Gasteiger charge is 2.27. The van der Waals surface area contributed by atoms with Crippen LogP contribution in [0.3, 0.4) is 0 Å². The lowest BCUT2D eigenvalue weighted by Crippen LogP contribution is -2.06. The fraction of sp³-hybridized carbons (Fsp3) is 0. The van der Waals surface area contributed by atoms with Crippen molar-refractivity contribution in [3.63, 3.8) is 0 Å². The van der Waals surface area contributed by atoms with Crippen LogP contribution in [-0.2, 0) is 0 Å². The van der Waals surface area contributed by atoms with Crippen LogP contribution in [0.1, 0.15) is 0 Å². The van der Waals surface area contributed by atoms with Gasteiger partial charge in [0.05, 0.1) is 22.1 Å². The zero-order chi connectivity index (χ0) is 25.4. The van der Waals surface area contributed by atoms with E-state index in [4.69, 9.17) is 10.3 Å². The van der Waals surface area contributed by atoms with Gasteiger partial charge in [-0.15, -0.1) is 0 Å². The number of nitrogens with zero attached hydrogens (tertiary/aromatic N) is 3. The molecule has 5 aromatic heterocycles. The van der Waals surface area contributed by atoms with E-state index in [1.807, 2.05) is 10.7 Å². The first-order chi connectivity index (χ1) is 19.3. The monoisotopic (exact) mass is 500 g/mol. The molecule has 10 aromatic rings. The predicted molar refractivity (Wildman–Crippen MR) is 161 cm³/mol. The van der Waals surface area contributed by atoms with Crippen molar-refractivity contribution in [3.8, 4) is 5.69 Å². The van der Waals surface area contributed by atoms with Crippen molar-refractivity contribution in [2.75, 3.05) is 5.84 Å². The van der Waals surface area contributed by atoms with Gasteiger partial charge < -0.3 is 10.3 Å². The Morgan fingerprint density at radius 3 is 2.13 bits per heavy atom. The number of benzene rings is 5. The molecule has 39 heavy (non-hydrogen) atoms. The van der Waals surface area contributed by atoms with Crippen molar-refractivity contribution in [1.82, 2.24) is 13.6 Å². The topological polar surface area (TPSA) is 53.4 Å². The Hall–Kier alpha value is -5.42. The van der Waals surface area contributed by atoms with Gasteiger partial charge in [-0.25, -0.2) is 0 Å². The number of hydrogen-bond acceptors (Lipinski definition) is 2. The minimum absolute atomic E-state index is 0.889. The maximum Gasteiger partial charge on any atom is 0.161 e. The van der Waals surface area contributed by atoms with Gasteiger partial charge in [-0.3, -0.25) is 13.6 Å². The second-order valence-corrected chi connectivity index (χ2v) is 10.4. The van der Waals surface area contributed by atoms with Crippen LogP contribution < -0.4 is 5.84 Å². The van der Waals surface area contributed by atoms with Crippen LogP contribution in [0, 0.1) is 0 Å². The third-order valence-corrected chi connectivity index (χ3v) is 8.57. The summed E-state index contributed by atoms with van der Waals surface area (Å²) in [5.74, 6) is 6.78. The van der Waals surface area contributed by atoms with Crippen LogP contribution >= 0.6 is 0 Å². The Balaban J connectivity index is 1.70. The summed E-state index contributed by atoms with van der Waals surface area (Å²) >= 11 is 0. The molecule has 0 bridgehead atoms. The van der Waals surface area contributed by atoms with Crippen LogP contribution in [0.2, 0.25) is 0 Å². The van der Waals surface area contributed by atoms with E-state index in [1.165, 1.54) is 21.5 Å². The molecule has 0 spiro atoms. The predicted octanol–water partition coefficient (Wildman–Crippen LogP) is 8.35. The summed E-state index contributed by atoms with van der Waals surface area (Å²) in [6, 6.07) is 38.5. The Morgan fingerprint density at radius 2 is 1.23 bits per heavy atom. The lowest BCUT2D eigenvalue weighted by molar-refractivity contribution is 0.673. The van der Waals surface area contributed by atoms with Gasteiger partial charge in [-0.1, -0.05) is 60.7 Å². The molecule has 0 amide bonds. The SMILES string of the molecule is Nn1c2cccc3c2c2c1ccc1c4oc5ccccc5c4n(c12)c1c3c2ccccc2n1-c1ccccc1. The molecule has 5 nitrogen and oxygen atoms in total. The highest BCUT2D eigenvalue weighted by Crippen LogP contribution is 2.48. The number of furan rings is 1. The van der Waals surface area contributed by atoms with Crippen LogP contribution in [0.15, 0.2) is 114 Å². The lowest BCUT2D eigenvalue weighted by Gasteiger charge is -2.09. The Kier molecular flexibility index (Phi) is 3.29. The van der Waals surface area contributed by atoms with Crippen LogP contribution in [0.25, 0.3) is 87.8 Å². The Morgan fingerprint density at radius 1 is 0.513 bits per heavy atom. The highest BCUT2D eigenvalue weighted by molar-refractivity contribution is 6.36. The molecule has 5 heteroatoms. The molecule has 2 N–H and O–H groups in total. The van der Waals surface area contributed by atoms with Crippen LogP contribution in [-0.4, -0.2) is 13.6 Å². The average Bonchev–Trinajstić information content (AvgIpc) is 3.67. The van der Waals surface area contributed by atoms with Crippen LogP contribution in [0.5, 0.6) is 0 Å². The van der Waals surface area contributed by atoms with Crippen molar-refractivity contribution < 1.29 is 4.42 Å². The third kappa shape index (κ3) is 2.13. The largest absolute Gasteiger partial charge is 0.454 e. The molecular weight excluding hydrogens is 480 g/mol. The summed E-state index contributed by atoms with van der Waals surface area (Å²) in [5.41, 5.74) is 9.44. The first-order valence-corrected chi connectivity index (χ1v) is 13.2. The molecule has 0 aliphatic rings. The Bertz CT molecular complexity index is 2610. The molecule has 5 aromatic carbocycles. The molecule has 0 fully saturated rings. The summed E-state index contributed by atoms with van der Waals surface area (Å²) in [6.07, 6.45) is 0. The number of para-hydroxylation sites is 3. The van der Waals surface area contributed by atoms with Gasteiger partial charge >= 0.3 is 0 Å². The minimum atomic E-state index is 0.889. The molecule has 5 heterocycles. The maximum atomic E-state index is 6.78. The van der Waals surface area contributed by atoms with E-state index in [-0.39, 0.29) is 0 Å². The zero-order valence-electron chi connectivity index (χ0n) is 20.7. The van der Waals surface area contributed by atoms with E-state index in [2.05, 4.69) is 112 Å².